The van der Waals surface area contributed by atoms with Crippen molar-refractivity contribution in [3.63, 3.8) is 0 Å². The van der Waals surface area contributed by atoms with Crippen molar-refractivity contribution in [2.45, 2.75) is 25.2 Å². The van der Waals surface area contributed by atoms with E-state index in [2.05, 4.69) is 12.2 Å². The first-order valence-electron chi connectivity index (χ1n) is 4.96. The van der Waals surface area contributed by atoms with E-state index in [4.69, 9.17) is 5.11 Å². The minimum Gasteiger partial charge on any atom is -0.508 e. The summed E-state index contributed by atoms with van der Waals surface area (Å²) >= 11 is 0. The van der Waals surface area contributed by atoms with Crippen LogP contribution in [0.25, 0.3) is 0 Å². The van der Waals surface area contributed by atoms with Gasteiger partial charge in [-0.05, 0) is 25.3 Å². The largest absolute Gasteiger partial charge is 0.508 e. The Morgan fingerprint density at radius 1 is 1.21 bits per heavy atom. The maximum Gasteiger partial charge on any atom is 0.123 e. The van der Waals surface area contributed by atoms with E-state index in [-0.39, 0.29) is 11.5 Å². The molecule has 0 saturated heterocycles. The van der Waals surface area contributed by atoms with Gasteiger partial charge in [0.05, 0.1) is 0 Å². The molecule has 0 aromatic heterocycles. The molecule has 0 radical (unpaired) electrons. The number of hydrogen-bond donors (Lipinski definition) is 2. The van der Waals surface area contributed by atoms with Crippen LogP contribution in [0.2, 0.25) is 0 Å². The molecule has 2 heteroatoms. The summed E-state index contributed by atoms with van der Waals surface area (Å²) in [6.07, 6.45) is 7.67. The van der Waals surface area contributed by atoms with Crippen LogP contribution < -0.4 is 0 Å². The van der Waals surface area contributed by atoms with Gasteiger partial charge in [0.1, 0.15) is 11.5 Å². The fourth-order valence-electron chi connectivity index (χ4n) is 1.92. The lowest BCUT2D eigenvalue weighted by Gasteiger charge is -2.17. The minimum absolute atomic E-state index is 0.117. The van der Waals surface area contributed by atoms with E-state index in [9.17, 15) is 5.11 Å². The van der Waals surface area contributed by atoms with Gasteiger partial charge in [0.15, 0.2) is 0 Å². The third kappa shape index (κ3) is 1.74. The van der Waals surface area contributed by atoms with Crippen molar-refractivity contribution in [2.24, 2.45) is 0 Å². The third-order valence-electron chi connectivity index (χ3n) is 2.67. The summed E-state index contributed by atoms with van der Waals surface area (Å²) in [5.74, 6) is 0.622. The van der Waals surface area contributed by atoms with Crippen LogP contribution in [0.5, 0.6) is 11.5 Å². The van der Waals surface area contributed by atoms with Crippen LogP contribution in [0.15, 0.2) is 30.4 Å². The van der Waals surface area contributed by atoms with Crippen molar-refractivity contribution in [3.8, 4) is 11.5 Å². The molecule has 1 unspecified atom stereocenters. The van der Waals surface area contributed by atoms with Crippen LogP contribution in [-0.2, 0) is 0 Å². The van der Waals surface area contributed by atoms with Crippen molar-refractivity contribution in [3.05, 3.63) is 35.9 Å². The molecule has 0 aliphatic heterocycles. The molecule has 0 bridgehead atoms. The molecule has 14 heavy (non-hydrogen) atoms. The Hall–Kier alpha value is -1.44. The lowest BCUT2D eigenvalue weighted by atomic mass is 9.89. The molecule has 2 rings (SSSR count). The van der Waals surface area contributed by atoms with Crippen LogP contribution in [-0.4, -0.2) is 10.2 Å². The number of phenolic OH excluding ortho intramolecular Hbond substituents is 2. The summed E-state index contributed by atoms with van der Waals surface area (Å²) in [6.45, 7) is 0. The molecule has 2 nitrogen and oxygen atoms in total. The van der Waals surface area contributed by atoms with E-state index in [0.717, 1.165) is 18.4 Å². The van der Waals surface area contributed by atoms with Gasteiger partial charge in [-0.3, -0.25) is 0 Å². The molecule has 0 fully saturated rings. The van der Waals surface area contributed by atoms with Crippen molar-refractivity contribution < 1.29 is 10.2 Å². The van der Waals surface area contributed by atoms with Crippen molar-refractivity contribution in [1.82, 2.24) is 0 Å². The zero-order valence-corrected chi connectivity index (χ0v) is 7.98. The topological polar surface area (TPSA) is 40.5 Å². The van der Waals surface area contributed by atoms with Crippen molar-refractivity contribution in [2.75, 3.05) is 0 Å². The molecule has 1 aromatic rings. The summed E-state index contributed by atoms with van der Waals surface area (Å²) in [6, 6.07) is 4.82. The molecule has 0 spiro atoms. The molecular weight excluding hydrogens is 176 g/mol. The average molecular weight is 190 g/mol. The molecule has 0 saturated carbocycles. The molecular formula is C12H14O2. The van der Waals surface area contributed by atoms with Crippen LogP contribution >= 0.6 is 0 Å². The molecule has 1 aromatic carbocycles. The molecule has 0 amide bonds. The van der Waals surface area contributed by atoms with Crippen molar-refractivity contribution >= 4 is 0 Å². The highest BCUT2D eigenvalue weighted by molar-refractivity contribution is 5.42. The highest BCUT2D eigenvalue weighted by Crippen LogP contribution is 2.34. The van der Waals surface area contributed by atoms with Crippen LogP contribution in [0, 0.1) is 0 Å². The van der Waals surface area contributed by atoms with Gasteiger partial charge < -0.3 is 10.2 Å². The van der Waals surface area contributed by atoms with Gasteiger partial charge in [-0.1, -0.05) is 18.2 Å². The Morgan fingerprint density at radius 2 is 2.07 bits per heavy atom. The van der Waals surface area contributed by atoms with E-state index in [1.165, 1.54) is 12.5 Å². The SMILES string of the molecule is Oc1ccc(C2C=CCCC2)c(O)c1. The van der Waals surface area contributed by atoms with Gasteiger partial charge in [-0.15, -0.1) is 0 Å². The minimum atomic E-state index is 0.117. The van der Waals surface area contributed by atoms with E-state index in [1.807, 2.05) is 0 Å². The maximum absolute atomic E-state index is 9.65. The van der Waals surface area contributed by atoms with E-state index < -0.39 is 0 Å². The number of phenols is 2. The van der Waals surface area contributed by atoms with Crippen LogP contribution in [0.1, 0.15) is 30.7 Å². The van der Waals surface area contributed by atoms with Gasteiger partial charge in [-0.25, -0.2) is 0 Å². The molecule has 1 aliphatic carbocycles. The normalized spacial score (nSPS) is 21.0. The highest BCUT2D eigenvalue weighted by Gasteiger charge is 2.14. The number of benzene rings is 1. The van der Waals surface area contributed by atoms with Gasteiger partial charge >= 0.3 is 0 Å². The van der Waals surface area contributed by atoms with E-state index in [1.54, 1.807) is 12.1 Å². The second kappa shape index (κ2) is 3.74. The Kier molecular flexibility index (Phi) is 2.44. The van der Waals surface area contributed by atoms with Crippen molar-refractivity contribution in [1.29, 1.82) is 0 Å². The van der Waals surface area contributed by atoms with E-state index >= 15 is 0 Å². The number of allylic oxidation sites excluding steroid dienone is 2. The standard InChI is InChI=1S/C12H14O2/c13-10-6-7-11(12(14)8-10)9-4-2-1-3-5-9/h2,4,6-9,13-14H,1,3,5H2. The molecule has 0 heterocycles. The monoisotopic (exact) mass is 190 g/mol. The summed E-state index contributed by atoms with van der Waals surface area (Å²) < 4.78 is 0. The Morgan fingerprint density at radius 3 is 2.71 bits per heavy atom. The Bertz CT molecular complexity index is 355. The Balaban J connectivity index is 2.31. The Labute approximate surface area is 83.5 Å². The zero-order chi connectivity index (χ0) is 9.97. The van der Waals surface area contributed by atoms with Gasteiger partial charge in [0, 0.05) is 17.5 Å². The first-order chi connectivity index (χ1) is 6.77. The number of rotatable bonds is 1. The second-order valence-electron chi connectivity index (χ2n) is 3.71. The predicted molar refractivity (Wildman–Crippen MR) is 55.5 cm³/mol. The lowest BCUT2D eigenvalue weighted by molar-refractivity contribution is 0.442. The first-order valence-corrected chi connectivity index (χ1v) is 4.96. The number of aromatic hydroxyl groups is 2. The van der Waals surface area contributed by atoms with Crippen LogP contribution in [0.4, 0.5) is 0 Å². The summed E-state index contributed by atoms with van der Waals surface area (Å²) in [5.41, 5.74) is 0.916. The van der Waals surface area contributed by atoms with Gasteiger partial charge in [0.25, 0.3) is 0 Å². The highest BCUT2D eigenvalue weighted by atomic mass is 16.3. The fourth-order valence-corrected chi connectivity index (χ4v) is 1.92. The predicted octanol–water partition coefficient (Wildman–Crippen LogP) is 2.92. The first kappa shape index (κ1) is 9.13. The summed E-state index contributed by atoms with van der Waals surface area (Å²) in [4.78, 5) is 0. The zero-order valence-electron chi connectivity index (χ0n) is 7.98. The number of hydrogen-bond acceptors (Lipinski definition) is 2. The summed E-state index contributed by atoms with van der Waals surface area (Å²) in [5, 5.41) is 18.8. The second-order valence-corrected chi connectivity index (χ2v) is 3.71. The molecule has 1 aliphatic rings. The van der Waals surface area contributed by atoms with Crippen LogP contribution in [0.3, 0.4) is 0 Å². The maximum atomic E-state index is 9.65. The lowest BCUT2D eigenvalue weighted by Crippen LogP contribution is -1.99. The van der Waals surface area contributed by atoms with Gasteiger partial charge in [-0.2, -0.15) is 0 Å². The average Bonchev–Trinajstić information content (AvgIpc) is 2.19. The fraction of sp³-hybridized carbons (Fsp3) is 0.333. The molecule has 1 atom stereocenters. The summed E-state index contributed by atoms with van der Waals surface area (Å²) in [7, 11) is 0. The van der Waals surface area contributed by atoms with E-state index in [0.29, 0.717) is 5.92 Å². The molecule has 2 N–H and O–H groups in total. The molecule has 74 valence electrons. The smallest absolute Gasteiger partial charge is 0.123 e. The third-order valence-corrected chi connectivity index (χ3v) is 2.67. The van der Waals surface area contributed by atoms with Gasteiger partial charge in [0.2, 0.25) is 0 Å². The quantitative estimate of drug-likeness (QED) is 0.668.